The van der Waals surface area contributed by atoms with E-state index in [0.29, 0.717) is 48.2 Å². The fourth-order valence-corrected chi connectivity index (χ4v) is 5.41. The first-order valence-corrected chi connectivity index (χ1v) is 13.8. The van der Waals surface area contributed by atoms with Crippen LogP contribution in [0.25, 0.3) is 11.0 Å². The molecular weight excluding hydrogens is 523 g/mol. The number of amides is 1. The number of benzene rings is 1. The zero-order valence-corrected chi connectivity index (χ0v) is 23.0. The van der Waals surface area contributed by atoms with Crippen LogP contribution in [0.2, 0.25) is 5.02 Å². The first kappa shape index (κ1) is 25.9. The number of nitrogens with zero attached hydrogens (tertiary/aromatic N) is 5. The molecule has 3 aromatic rings. The van der Waals surface area contributed by atoms with Crippen LogP contribution in [0.15, 0.2) is 30.6 Å². The lowest BCUT2D eigenvalue weighted by Gasteiger charge is -2.51. The number of hydrogen-bond acceptors (Lipinski definition) is 8. The highest BCUT2D eigenvalue weighted by molar-refractivity contribution is 6.32. The Bertz CT molecular complexity index is 1410. The largest absolute Gasteiger partial charge is 0.492 e. The van der Waals surface area contributed by atoms with Crippen molar-refractivity contribution in [2.45, 2.75) is 64.1 Å². The van der Waals surface area contributed by atoms with E-state index < -0.39 is 11.4 Å². The van der Waals surface area contributed by atoms with Crippen LogP contribution in [0.5, 0.6) is 5.75 Å². The van der Waals surface area contributed by atoms with Gasteiger partial charge in [0.15, 0.2) is 11.6 Å². The summed E-state index contributed by atoms with van der Waals surface area (Å²) in [5, 5.41) is 2.99. The maximum absolute atomic E-state index is 15.2. The molecule has 206 valence electrons. The van der Waals surface area contributed by atoms with Crippen molar-refractivity contribution in [2.24, 2.45) is 5.92 Å². The molecule has 2 aromatic heterocycles. The molecule has 1 saturated carbocycles. The highest BCUT2D eigenvalue weighted by atomic mass is 35.5. The third-order valence-electron chi connectivity index (χ3n) is 7.39. The molecule has 9 nitrogen and oxygen atoms in total. The van der Waals surface area contributed by atoms with Crippen molar-refractivity contribution in [1.82, 2.24) is 19.9 Å². The Morgan fingerprint density at radius 3 is 2.62 bits per heavy atom. The number of pyridine rings is 1. The number of piperidine rings is 2. The van der Waals surface area contributed by atoms with Gasteiger partial charge in [0, 0.05) is 19.1 Å². The summed E-state index contributed by atoms with van der Waals surface area (Å²) in [4.78, 5) is 30.4. The van der Waals surface area contributed by atoms with E-state index in [4.69, 9.17) is 26.1 Å². The third-order valence-corrected chi connectivity index (χ3v) is 7.74. The molecule has 7 rings (SSSR count). The van der Waals surface area contributed by atoms with Gasteiger partial charge in [-0.05, 0) is 76.6 Å². The number of carbonyl (C=O) groups excluding carboxylic acids is 1. The SMILES string of the molecule is CC(C)(C)OC(=O)N1C[C@@H]2CC[C@H]1CN2c1ccc2ncnc(Nc3ccc(OCC4CC4)c(Cl)c3F)c2n1. The van der Waals surface area contributed by atoms with E-state index in [-0.39, 0.29) is 28.9 Å². The van der Waals surface area contributed by atoms with Gasteiger partial charge < -0.3 is 24.6 Å². The monoisotopic (exact) mass is 554 g/mol. The summed E-state index contributed by atoms with van der Waals surface area (Å²) in [6, 6.07) is 7.24. The minimum atomic E-state index is -0.608. The van der Waals surface area contributed by atoms with Crippen molar-refractivity contribution in [1.29, 1.82) is 0 Å². The smallest absolute Gasteiger partial charge is 0.410 e. The summed E-state index contributed by atoms with van der Waals surface area (Å²) >= 11 is 6.29. The standard InChI is InChI=1S/C28H32ClFN6O3/c1-28(2,3)39-27(37)36-13-17-6-7-18(36)12-35(17)22-11-9-20-25(34-22)26(32-15-31-20)33-19-8-10-21(23(29)24(19)30)38-14-16-4-5-16/h8-11,15-18H,4-7,12-14H2,1-3H3,(H,31,32,33)/t17-,18-/m0/s1. The Balaban J connectivity index is 1.23. The van der Waals surface area contributed by atoms with Crippen LogP contribution in [-0.4, -0.2) is 63.3 Å². The first-order chi connectivity index (χ1) is 18.7. The summed E-state index contributed by atoms with van der Waals surface area (Å²) in [7, 11) is 0. The maximum atomic E-state index is 15.2. The second-order valence-electron chi connectivity index (χ2n) is 11.5. The Hall–Kier alpha value is -3.40. The number of aromatic nitrogens is 3. The Kier molecular flexibility index (Phi) is 6.61. The van der Waals surface area contributed by atoms with Gasteiger partial charge in [-0.3, -0.25) is 0 Å². The van der Waals surface area contributed by atoms with E-state index in [1.807, 2.05) is 37.8 Å². The highest BCUT2D eigenvalue weighted by Gasteiger charge is 2.43. The molecule has 4 aliphatic rings. The molecular formula is C28H32ClFN6O3. The third kappa shape index (κ3) is 5.39. The lowest BCUT2D eigenvalue weighted by molar-refractivity contribution is 0.000790. The average molecular weight is 555 g/mol. The topological polar surface area (TPSA) is 92.7 Å². The molecule has 1 N–H and O–H groups in total. The second-order valence-corrected chi connectivity index (χ2v) is 11.9. The highest BCUT2D eigenvalue weighted by Crippen LogP contribution is 2.37. The van der Waals surface area contributed by atoms with Crippen LogP contribution in [0, 0.1) is 11.7 Å². The number of nitrogens with one attached hydrogen (secondary N) is 1. The van der Waals surface area contributed by atoms with Crippen LogP contribution >= 0.6 is 11.6 Å². The Morgan fingerprint density at radius 2 is 1.90 bits per heavy atom. The van der Waals surface area contributed by atoms with Crippen LogP contribution < -0.4 is 15.0 Å². The Labute approximate surface area is 231 Å². The molecule has 3 saturated heterocycles. The first-order valence-electron chi connectivity index (χ1n) is 13.4. The van der Waals surface area contributed by atoms with Gasteiger partial charge >= 0.3 is 6.09 Å². The summed E-state index contributed by atoms with van der Waals surface area (Å²) in [6.07, 6.45) is 5.30. The van der Waals surface area contributed by atoms with Gasteiger partial charge in [0.05, 0.1) is 23.9 Å². The van der Waals surface area contributed by atoms with E-state index >= 15 is 4.39 Å². The van der Waals surface area contributed by atoms with Crippen molar-refractivity contribution in [3.63, 3.8) is 0 Å². The summed E-state index contributed by atoms with van der Waals surface area (Å²) in [5.74, 6) is 1.40. The van der Waals surface area contributed by atoms with Gasteiger partial charge in [0.1, 0.15) is 34.0 Å². The average Bonchev–Trinajstić information content (AvgIpc) is 3.74. The minimum absolute atomic E-state index is 0.0452. The molecule has 2 bridgehead atoms. The number of piperazine rings is 1. The molecule has 2 atom stereocenters. The molecule has 4 fully saturated rings. The van der Waals surface area contributed by atoms with Gasteiger partial charge in [-0.25, -0.2) is 24.1 Å². The van der Waals surface area contributed by atoms with E-state index in [2.05, 4.69) is 20.2 Å². The van der Waals surface area contributed by atoms with Gasteiger partial charge in [-0.2, -0.15) is 0 Å². The molecule has 0 unspecified atom stereocenters. The van der Waals surface area contributed by atoms with Gasteiger partial charge in [-0.15, -0.1) is 0 Å². The minimum Gasteiger partial charge on any atom is -0.492 e. The maximum Gasteiger partial charge on any atom is 0.410 e. The number of hydrogen-bond donors (Lipinski definition) is 1. The molecule has 39 heavy (non-hydrogen) atoms. The molecule has 5 heterocycles. The summed E-state index contributed by atoms with van der Waals surface area (Å²) in [6.45, 7) is 7.42. The zero-order chi connectivity index (χ0) is 27.3. The second kappa shape index (κ2) is 9.97. The number of halogens is 2. The van der Waals surface area contributed by atoms with E-state index in [1.165, 1.54) is 6.33 Å². The molecule has 0 radical (unpaired) electrons. The Morgan fingerprint density at radius 1 is 1.10 bits per heavy atom. The number of ether oxygens (including phenoxy) is 2. The number of anilines is 3. The zero-order valence-electron chi connectivity index (χ0n) is 22.3. The van der Waals surface area contributed by atoms with Crippen molar-refractivity contribution >= 4 is 46.1 Å². The van der Waals surface area contributed by atoms with E-state index in [9.17, 15) is 4.79 Å². The van der Waals surface area contributed by atoms with Gasteiger partial charge in [-0.1, -0.05) is 11.6 Å². The number of rotatable bonds is 6. The molecule has 1 aliphatic carbocycles. The molecule has 0 spiro atoms. The summed E-state index contributed by atoms with van der Waals surface area (Å²) < 4.78 is 26.5. The van der Waals surface area contributed by atoms with Crippen molar-refractivity contribution in [3.05, 3.63) is 41.4 Å². The van der Waals surface area contributed by atoms with Crippen LogP contribution in [0.3, 0.4) is 0 Å². The van der Waals surface area contributed by atoms with Crippen molar-refractivity contribution < 1.29 is 18.7 Å². The number of carbonyl (C=O) groups is 1. The predicted octanol–water partition coefficient (Wildman–Crippen LogP) is 5.94. The van der Waals surface area contributed by atoms with Crippen LogP contribution in [-0.2, 0) is 4.74 Å². The molecule has 1 amide bonds. The fourth-order valence-electron chi connectivity index (χ4n) is 5.19. The number of fused-ring (bicyclic) bond motifs is 4. The quantitative estimate of drug-likeness (QED) is 0.400. The van der Waals surface area contributed by atoms with Crippen LogP contribution in [0.4, 0.5) is 26.5 Å². The van der Waals surface area contributed by atoms with Crippen molar-refractivity contribution in [2.75, 3.05) is 29.9 Å². The summed E-state index contributed by atoms with van der Waals surface area (Å²) in [5.41, 5.74) is 0.787. The normalized spacial score (nSPS) is 20.8. The lowest BCUT2D eigenvalue weighted by Crippen LogP contribution is -2.64. The van der Waals surface area contributed by atoms with E-state index in [1.54, 1.807) is 12.1 Å². The molecule has 11 heteroatoms. The van der Waals surface area contributed by atoms with Crippen molar-refractivity contribution in [3.8, 4) is 5.75 Å². The fraction of sp³-hybridized carbons (Fsp3) is 0.500. The van der Waals surface area contributed by atoms with Gasteiger partial charge in [0.2, 0.25) is 0 Å². The van der Waals surface area contributed by atoms with Crippen LogP contribution in [0.1, 0.15) is 46.5 Å². The predicted molar refractivity (Wildman–Crippen MR) is 147 cm³/mol. The lowest BCUT2D eigenvalue weighted by atomic mass is 9.91. The van der Waals surface area contributed by atoms with E-state index in [0.717, 1.165) is 31.5 Å². The molecule has 3 aliphatic heterocycles. The van der Waals surface area contributed by atoms with Gasteiger partial charge in [0.25, 0.3) is 0 Å². The molecule has 1 aromatic carbocycles.